The van der Waals surface area contributed by atoms with Gasteiger partial charge in [0.25, 0.3) is 28.4 Å². The number of hydrogen-bond acceptors (Lipinski definition) is 12. The maximum Gasteiger partial charge on any atom is 0.283 e. The molecule has 1 heterocycles. The Balaban J connectivity index is 0.000000271. The Morgan fingerprint density at radius 3 is 1.70 bits per heavy atom. The highest BCUT2D eigenvalue weighted by Gasteiger charge is 2.24. The lowest BCUT2D eigenvalue weighted by Crippen LogP contribution is -2.31. The zero-order chi connectivity index (χ0) is 31.8. The maximum atomic E-state index is 11.1. The molecule has 0 aliphatic heterocycles. The van der Waals surface area contributed by atoms with Crippen LogP contribution >= 0.6 is 0 Å². The SMILES string of the molecule is O=[N+]([O-])c1cc([N+](=O)[O-])c([O-])c([N+](=O)[O-])c1.O=[N+]([O-])c1ccc(/C(=C\c2cccc([N+](=O)[O-])c2)[n+]2cccc(O)c2)cc1. The molecule has 0 saturated heterocycles. The molecule has 0 unspecified atom stereocenters. The molecular weight excluding hydrogens is 576 g/mol. The zero-order valence-electron chi connectivity index (χ0n) is 21.3. The van der Waals surface area contributed by atoms with Crippen LogP contribution in [0.5, 0.6) is 11.5 Å². The van der Waals surface area contributed by atoms with Crippen molar-refractivity contribution in [2.45, 2.75) is 0 Å². The van der Waals surface area contributed by atoms with Gasteiger partial charge in [-0.05, 0) is 23.8 Å². The lowest BCUT2D eigenvalue weighted by atomic mass is 10.1. The van der Waals surface area contributed by atoms with Crippen LogP contribution in [0.1, 0.15) is 11.1 Å². The van der Waals surface area contributed by atoms with Gasteiger partial charge in [-0.1, -0.05) is 12.1 Å². The Labute approximate surface area is 238 Å². The zero-order valence-corrected chi connectivity index (χ0v) is 21.3. The highest BCUT2D eigenvalue weighted by atomic mass is 16.6. The van der Waals surface area contributed by atoms with Crippen LogP contribution < -0.4 is 9.67 Å². The second-order valence-corrected chi connectivity index (χ2v) is 8.24. The van der Waals surface area contributed by atoms with Crippen LogP contribution in [0.4, 0.5) is 28.4 Å². The molecule has 0 radical (unpaired) electrons. The molecule has 218 valence electrons. The summed E-state index contributed by atoms with van der Waals surface area (Å²) in [5, 5.41) is 73.8. The number of non-ortho nitro benzene ring substituents is 3. The number of nitro groups is 5. The number of nitro benzene ring substituents is 5. The number of benzene rings is 3. The number of rotatable bonds is 8. The average Bonchev–Trinajstić information content (AvgIpc) is 2.96. The monoisotopic (exact) mass is 592 g/mol. The summed E-state index contributed by atoms with van der Waals surface area (Å²) in [6, 6.07) is 15.9. The van der Waals surface area contributed by atoms with Crippen LogP contribution in [-0.2, 0) is 0 Å². The van der Waals surface area contributed by atoms with Gasteiger partial charge < -0.3 is 10.2 Å². The van der Waals surface area contributed by atoms with Crippen molar-refractivity contribution in [3.05, 3.63) is 147 Å². The quantitative estimate of drug-likeness (QED) is 0.131. The van der Waals surface area contributed by atoms with Crippen molar-refractivity contribution in [2.24, 2.45) is 0 Å². The van der Waals surface area contributed by atoms with Gasteiger partial charge in [0.15, 0.2) is 11.9 Å². The summed E-state index contributed by atoms with van der Waals surface area (Å²) in [6.07, 6.45) is 4.88. The summed E-state index contributed by atoms with van der Waals surface area (Å²) < 4.78 is 1.63. The van der Waals surface area contributed by atoms with E-state index in [2.05, 4.69) is 0 Å². The molecule has 3 aromatic carbocycles. The van der Waals surface area contributed by atoms with Crippen molar-refractivity contribution in [1.29, 1.82) is 0 Å². The molecule has 0 bridgehead atoms. The predicted molar refractivity (Wildman–Crippen MR) is 144 cm³/mol. The van der Waals surface area contributed by atoms with E-state index in [1.165, 1.54) is 36.5 Å². The number of hydrogen-bond donors (Lipinski definition) is 1. The summed E-state index contributed by atoms with van der Waals surface area (Å²) in [7, 11) is 0. The molecule has 0 atom stereocenters. The van der Waals surface area contributed by atoms with Gasteiger partial charge in [0.05, 0.1) is 42.5 Å². The van der Waals surface area contributed by atoms with Crippen molar-refractivity contribution in [3.8, 4) is 11.5 Å². The Morgan fingerprint density at radius 1 is 0.651 bits per heavy atom. The minimum atomic E-state index is -1.46. The van der Waals surface area contributed by atoms with Crippen molar-refractivity contribution >= 4 is 40.2 Å². The van der Waals surface area contributed by atoms with Crippen LogP contribution in [0.3, 0.4) is 0 Å². The van der Waals surface area contributed by atoms with Crippen LogP contribution in [0.2, 0.25) is 0 Å². The van der Waals surface area contributed by atoms with Gasteiger partial charge in [0.2, 0.25) is 11.9 Å². The van der Waals surface area contributed by atoms with E-state index in [9.17, 15) is 60.8 Å². The fourth-order valence-corrected chi connectivity index (χ4v) is 3.52. The van der Waals surface area contributed by atoms with E-state index in [0.29, 0.717) is 29.0 Å². The van der Waals surface area contributed by atoms with Crippen LogP contribution in [0.25, 0.3) is 11.8 Å². The smallest absolute Gasteiger partial charge is 0.283 e. The van der Waals surface area contributed by atoms with Crippen molar-refractivity contribution < 1.29 is 39.4 Å². The first-order valence-electron chi connectivity index (χ1n) is 11.5. The fraction of sp³-hybridized carbons (Fsp3) is 0. The van der Waals surface area contributed by atoms with Crippen molar-refractivity contribution in [1.82, 2.24) is 0 Å². The summed E-state index contributed by atoms with van der Waals surface area (Å²) in [5.74, 6) is -1.43. The third-order valence-corrected chi connectivity index (χ3v) is 5.46. The van der Waals surface area contributed by atoms with Gasteiger partial charge in [-0.3, -0.25) is 50.6 Å². The fourth-order valence-electron chi connectivity index (χ4n) is 3.52. The molecule has 0 aliphatic carbocycles. The second-order valence-electron chi connectivity index (χ2n) is 8.24. The molecule has 0 amide bonds. The number of pyridine rings is 1. The van der Waals surface area contributed by atoms with E-state index in [0.717, 1.165) is 0 Å². The molecule has 43 heavy (non-hydrogen) atoms. The van der Waals surface area contributed by atoms with E-state index in [1.54, 1.807) is 47.2 Å². The molecule has 1 N–H and O–H groups in total. The van der Waals surface area contributed by atoms with E-state index < -0.39 is 47.4 Å². The highest BCUT2D eigenvalue weighted by Crippen LogP contribution is 2.36. The molecule has 4 rings (SSSR count). The molecule has 0 saturated carbocycles. The Morgan fingerprint density at radius 2 is 1.21 bits per heavy atom. The Bertz CT molecular complexity index is 1750. The molecule has 4 aromatic rings. The largest absolute Gasteiger partial charge is 0.863 e. The standard InChI is InChI=1S/C19H13N3O5.C6H3N3O7/c23-18-5-2-10-20(13-18)19(15-6-8-16(9-7-15)21(24)25)12-14-3-1-4-17(11-14)22(26)27;10-6-4(8(13)14)1-3(7(11)12)2-5(6)9(15)16/h1-13H;1-2,10H/b19-12+;. The summed E-state index contributed by atoms with van der Waals surface area (Å²) in [4.78, 5) is 48.4. The van der Waals surface area contributed by atoms with Gasteiger partial charge in [0, 0.05) is 42.0 Å². The molecule has 0 spiro atoms. The van der Waals surface area contributed by atoms with E-state index in [4.69, 9.17) is 0 Å². The first-order valence-corrected chi connectivity index (χ1v) is 11.5. The summed E-state index contributed by atoms with van der Waals surface area (Å²) in [6.45, 7) is 0. The van der Waals surface area contributed by atoms with Crippen LogP contribution in [-0.4, -0.2) is 29.7 Å². The van der Waals surface area contributed by atoms with Gasteiger partial charge in [0.1, 0.15) is 0 Å². The molecule has 18 heteroatoms. The third kappa shape index (κ3) is 7.63. The van der Waals surface area contributed by atoms with E-state index >= 15 is 0 Å². The van der Waals surface area contributed by atoms with Crippen molar-refractivity contribution in [3.63, 3.8) is 0 Å². The van der Waals surface area contributed by atoms with E-state index in [1.807, 2.05) is 0 Å². The van der Waals surface area contributed by atoms with Gasteiger partial charge >= 0.3 is 0 Å². The van der Waals surface area contributed by atoms with E-state index in [-0.39, 0.29) is 17.1 Å². The number of nitrogens with zero attached hydrogens (tertiary/aromatic N) is 6. The maximum absolute atomic E-state index is 11.1. The molecule has 0 fully saturated rings. The molecule has 1 aromatic heterocycles. The first kappa shape index (κ1) is 30.7. The first-order chi connectivity index (χ1) is 20.3. The highest BCUT2D eigenvalue weighted by molar-refractivity contribution is 5.77. The van der Waals surface area contributed by atoms with Gasteiger partial charge in [-0.25, -0.2) is 0 Å². The minimum absolute atomic E-state index is 0.0318. The molecule has 0 aliphatic rings. The van der Waals surface area contributed by atoms with Crippen molar-refractivity contribution in [2.75, 3.05) is 0 Å². The topological polar surface area (TPSA) is 263 Å². The Kier molecular flexibility index (Phi) is 9.28. The third-order valence-electron chi connectivity index (χ3n) is 5.46. The summed E-state index contributed by atoms with van der Waals surface area (Å²) in [5.41, 5.74) is -1.56. The number of aromatic hydroxyl groups is 1. The minimum Gasteiger partial charge on any atom is -0.863 e. The predicted octanol–water partition coefficient (Wildman–Crippen LogP) is 4.03. The normalized spacial score (nSPS) is 10.7. The average molecular weight is 592 g/mol. The van der Waals surface area contributed by atoms with Gasteiger partial charge in [-0.15, -0.1) is 0 Å². The lowest BCUT2D eigenvalue weighted by molar-refractivity contribution is -0.578. The van der Waals surface area contributed by atoms with Crippen LogP contribution in [0.15, 0.2) is 85.2 Å². The molecular formula is C25H16N6O12. The van der Waals surface area contributed by atoms with Gasteiger partial charge in [-0.2, -0.15) is 4.57 Å². The second kappa shape index (κ2) is 13.0. The Hall–Kier alpha value is -6.85. The lowest BCUT2D eigenvalue weighted by Gasteiger charge is -2.06. The van der Waals surface area contributed by atoms with Crippen LogP contribution in [0, 0.1) is 50.6 Å². The number of aromatic nitrogens is 1. The molecule has 18 nitrogen and oxygen atoms in total. The summed E-state index contributed by atoms with van der Waals surface area (Å²) >= 11 is 0.